The smallest absolute Gasteiger partial charge is 0.303 e. The highest BCUT2D eigenvalue weighted by Crippen LogP contribution is 2.36. The first kappa shape index (κ1) is 19.6. The van der Waals surface area contributed by atoms with Crippen LogP contribution in [0.3, 0.4) is 0 Å². The topological polar surface area (TPSA) is 110 Å². The third kappa shape index (κ3) is 4.38. The van der Waals surface area contributed by atoms with Crippen LogP contribution < -0.4 is 4.74 Å². The molecule has 1 aromatic rings. The van der Waals surface area contributed by atoms with E-state index in [0.29, 0.717) is 5.75 Å². The molecule has 0 aromatic heterocycles. The molecule has 2 aliphatic rings. The number of hydrogen-bond acceptors (Lipinski definition) is 9. The number of aliphatic hydroxyl groups is 1. The zero-order valence-corrected chi connectivity index (χ0v) is 15.2. The summed E-state index contributed by atoms with van der Waals surface area (Å²) in [6, 6.07) is 7.10. The Kier molecular flexibility index (Phi) is 5.95. The summed E-state index contributed by atoms with van der Waals surface area (Å²) in [6.45, 7) is 2.51. The lowest BCUT2D eigenvalue weighted by Crippen LogP contribution is -2.63. The number of rotatable bonds is 4. The highest BCUT2D eigenvalue weighted by Gasteiger charge is 2.53. The number of ether oxygens (including phenoxy) is 6. The predicted octanol–water partition coefficient (Wildman–Crippen LogP) is 0.690. The highest BCUT2D eigenvalue weighted by atomic mass is 16.7. The van der Waals surface area contributed by atoms with E-state index in [-0.39, 0.29) is 6.61 Å². The van der Waals surface area contributed by atoms with Crippen molar-refractivity contribution in [1.29, 1.82) is 0 Å². The second-order valence-corrected chi connectivity index (χ2v) is 6.25. The summed E-state index contributed by atoms with van der Waals surface area (Å²) in [7, 11) is 1.57. The van der Waals surface area contributed by atoms with E-state index < -0.39 is 48.9 Å². The second-order valence-electron chi connectivity index (χ2n) is 6.25. The Morgan fingerprint density at radius 2 is 1.67 bits per heavy atom. The van der Waals surface area contributed by atoms with E-state index in [4.69, 9.17) is 28.4 Å². The van der Waals surface area contributed by atoms with E-state index >= 15 is 0 Å². The number of fused-ring (bicyclic) bond motifs is 1. The van der Waals surface area contributed by atoms with Gasteiger partial charge >= 0.3 is 11.9 Å². The van der Waals surface area contributed by atoms with E-state index in [1.807, 2.05) is 0 Å². The van der Waals surface area contributed by atoms with Crippen molar-refractivity contribution in [1.82, 2.24) is 0 Å². The summed E-state index contributed by atoms with van der Waals surface area (Å²) in [5.74, 6) is -0.553. The molecule has 1 aromatic carbocycles. The average molecular weight is 382 g/mol. The number of hydrogen-bond donors (Lipinski definition) is 1. The largest absolute Gasteiger partial charge is 0.497 e. The number of aliphatic hydroxyl groups excluding tert-OH is 1. The summed E-state index contributed by atoms with van der Waals surface area (Å²) >= 11 is 0. The van der Waals surface area contributed by atoms with E-state index in [9.17, 15) is 14.7 Å². The Labute approximate surface area is 156 Å². The Morgan fingerprint density at radius 1 is 1.04 bits per heavy atom. The molecule has 0 amide bonds. The number of benzene rings is 1. The van der Waals surface area contributed by atoms with Gasteiger partial charge < -0.3 is 33.5 Å². The predicted molar refractivity (Wildman–Crippen MR) is 88.5 cm³/mol. The molecule has 2 heterocycles. The number of carbonyl (C=O) groups is 2. The van der Waals surface area contributed by atoms with Crippen LogP contribution in [-0.2, 0) is 33.3 Å². The van der Waals surface area contributed by atoms with Crippen LogP contribution in [0.15, 0.2) is 24.3 Å². The summed E-state index contributed by atoms with van der Waals surface area (Å²) in [5.41, 5.74) is 0.728. The SMILES string of the molecule is COc1ccc([C@@H]2OC[C@H]3OC(O)[C@H](OC(C)=O)[C@@H](OC(C)=O)[C@@H]3O2)cc1. The monoisotopic (exact) mass is 382 g/mol. The standard InChI is InChI=1S/C18H22O9/c1-9(19)24-15-14-13(26-17(21)16(15)25-10(2)20)8-23-18(27-14)11-4-6-12(22-3)7-5-11/h4-7,13-18,21H,8H2,1-3H3/t13-,14-,15+,16-,17?,18-/m1/s1. The lowest BCUT2D eigenvalue weighted by atomic mass is 9.97. The van der Waals surface area contributed by atoms with Gasteiger partial charge in [0, 0.05) is 19.4 Å². The molecule has 2 fully saturated rings. The molecule has 0 spiro atoms. The van der Waals surface area contributed by atoms with Gasteiger partial charge in [0.2, 0.25) is 0 Å². The van der Waals surface area contributed by atoms with Gasteiger partial charge in [-0.25, -0.2) is 0 Å². The minimum absolute atomic E-state index is 0.100. The van der Waals surface area contributed by atoms with Crippen LogP contribution in [-0.4, -0.2) is 61.5 Å². The van der Waals surface area contributed by atoms with Gasteiger partial charge in [-0.3, -0.25) is 9.59 Å². The summed E-state index contributed by atoms with van der Waals surface area (Å²) in [4.78, 5) is 22.9. The van der Waals surface area contributed by atoms with Gasteiger partial charge in [-0.05, 0) is 12.1 Å². The lowest BCUT2D eigenvalue weighted by Gasteiger charge is -2.46. The molecule has 9 nitrogen and oxygen atoms in total. The molecule has 6 atom stereocenters. The van der Waals surface area contributed by atoms with Crippen LogP contribution in [0.25, 0.3) is 0 Å². The van der Waals surface area contributed by atoms with E-state index in [1.54, 1.807) is 31.4 Å². The fourth-order valence-corrected chi connectivity index (χ4v) is 3.14. The van der Waals surface area contributed by atoms with Crippen LogP contribution >= 0.6 is 0 Å². The average Bonchev–Trinajstić information content (AvgIpc) is 2.64. The maximum atomic E-state index is 11.6. The van der Waals surface area contributed by atoms with E-state index in [0.717, 1.165) is 5.56 Å². The molecule has 2 aliphatic heterocycles. The zero-order chi connectivity index (χ0) is 19.6. The Hall–Kier alpha value is -2.20. The summed E-state index contributed by atoms with van der Waals surface area (Å²) in [5, 5.41) is 10.2. The van der Waals surface area contributed by atoms with Gasteiger partial charge in [-0.1, -0.05) is 12.1 Å². The Bertz CT molecular complexity index is 674. The molecule has 148 valence electrons. The highest BCUT2D eigenvalue weighted by molar-refractivity contribution is 5.67. The minimum Gasteiger partial charge on any atom is -0.497 e. The molecule has 2 saturated heterocycles. The van der Waals surface area contributed by atoms with Gasteiger partial charge in [0.05, 0.1) is 13.7 Å². The van der Waals surface area contributed by atoms with Gasteiger partial charge in [0.1, 0.15) is 18.0 Å². The molecular formula is C18H22O9. The molecule has 1 N–H and O–H groups in total. The molecular weight excluding hydrogens is 360 g/mol. The third-order valence-electron chi connectivity index (χ3n) is 4.29. The Balaban J connectivity index is 1.82. The molecule has 27 heavy (non-hydrogen) atoms. The van der Waals surface area contributed by atoms with E-state index in [1.165, 1.54) is 13.8 Å². The quantitative estimate of drug-likeness (QED) is 0.752. The molecule has 0 bridgehead atoms. The zero-order valence-electron chi connectivity index (χ0n) is 15.2. The van der Waals surface area contributed by atoms with Gasteiger partial charge in [-0.15, -0.1) is 0 Å². The molecule has 0 saturated carbocycles. The number of esters is 2. The van der Waals surface area contributed by atoms with Gasteiger partial charge in [-0.2, -0.15) is 0 Å². The molecule has 0 radical (unpaired) electrons. The van der Waals surface area contributed by atoms with Gasteiger partial charge in [0.15, 0.2) is 24.8 Å². The molecule has 0 aliphatic carbocycles. The summed E-state index contributed by atoms with van der Waals surface area (Å²) in [6.07, 6.45) is -5.93. The fourth-order valence-electron chi connectivity index (χ4n) is 3.14. The van der Waals surface area contributed by atoms with Crippen LogP contribution in [0, 0.1) is 0 Å². The Morgan fingerprint density at radius 3 is 2.26 bits per heavy atom. The lowest BCUT2D eigenvalue weighted by molar-refractivity contribution is -0.355. The maximum absolute atomic E-state index is 11.6. The van der Waals surface area contributed by atoms with Crippen molar-refractivity contribution in [3.8, 4) is 5.75 Å². The first-order valence-corrected chi connectivity index (χ1v) is 8.48. The van der Waals surface area contributed by atoms with Crippen molar-refractivity contribution in [2.24, 2.45) is 0 Å². The van der Waals surface area contributed by atoms with Crippen molar-refractivity contribution in [2.45, 2.75) is 50.8 Å². The number of carbonyl (C=O) groups excluding carboxylic acids is 2. The second kappa shape index (κ2) is 8.22. The van der Waals surface area contributed by atoms with Crippen molar-refractivity contribution in [3.63, 3.8) is 0 Å². The van der Waals surface area contributed by atoms with E-state index in [2.05, 4.69) is 0 Å². The summed E-state index contributed by atoms with van der Waals surface area (Å²) < 4.78 is 32.6. The van der Waals surface area contributed by atoms with Crippen LogP contribution in [0.2, 0.25) is 0 Å². The van der Waals surface area contributed by atoms with Crippen molar-refractivity contribution in [2.75, 3.05) is 13.7 Å². The maximum Gasteiger partial charge on any atom is 0.303 e. The van der Waals surface area contributed by atoms with Crippen LogP contribution in [0.4, 0.5) is 0 Å². The van der Waals surface area contributed by atoms with Crippen molar-refractivity contribution >= 4 is 11.9 Å². The number of methoxy groups -OCH3 is 1. The molecule has 9 heteroatoms. The molecule has 1 unspecified atom stereocenters. The van der Waals surface area contributed by atoms with Crippen LogP contribution in [0.1, 0.15) is 25.7 Å². The van der Waals surface area contributed by atoms with Gasteiger partial charge in [0.25, 0.3) is 0 Å². The first-order chi connectivity index (χ1) is 12.9. The normalized spacial score (nSPS) is 32.9. The van der Waals surface area contributed by atoms with Crippen LogP contribution in [0.5, 0.6) is 5.75 Å². The minimum atomic E-state index is -1.47. The van der Waals surface area contributed by atoms with Crippen molar-refractivity contribution in [3.05, 3.63) is 29.8 Å². The fraction of sp³-hybridized carbons (Fsp3) is 0.556. The third-order valence-corrected chi connectivity index (χ3v) is 4.29. The van der Waals surface area contributed by atoms with Crippen molar-refractivity contribution < 1.29 is 43.1 Å². The first-order valence-electron chi connectivity index (χ1n) is 8.48. The molecule has 3 rings (SSSR count).